The van der Waals surface area contributed by atoms with Gasteiger partial charge in [-0.05, 0) is 74.6 Å². The molecular weight excluding hydrogens is 338 g/mol. The second kappa shape index (κ2) is 9.27. The molecule has 1 saturated heterocycles. The Morgan fingerprint density at radius 1 is 1.14 bits per heavy atom. The van der Waals surface area contributed by atoms with E-state index >= 15 is 0 Å². The Morgan fingerprint density at radius 2 is 1.86 bits per heavy atom. The molecule has 0 bridgehead atoms. The van der Waals surface area contributed by atoms with Gasteiger partial charge in [0.15, 0.2) is 0 Å². The largest absolute Gasteiger partial charge is 0.292 e. The molecule has 2 aliphatic rings. The number of likely N-dealkylation sites (tertiary alicyclic amines) is 1. The van der Waals surface area contributed by atoms with E-state index in [0.717, 1.165) is 18.9 Å². The van der Waals surface area contributed by atoms with Crippen LogP contribution in [0.3, 0.4) is 0 Å². The van der Waals surface area contributed by atoms with Crippen LogP contribution in [-0.2, 0) is 0 Å². The van der Waals surface area contributed by atoms with Crippen molar-refractivity contribution in [2.75, 3.05) is 13.1 Å². The van der Waals surface area contributed by atoms with Crippen LogP contribution in [0, 0.1) is 11.8 Å². The minimum Gasteiger partial charge on any atom is -0.292 e. The summed E-state index contributed by atoms with van der Waals surface area (Å²) < 4.78 is 0. The van der Waals surface area contributed by atoms with Crippen LogP contribution >= 0.6 is 0 Å². The lowest BCUT2D eigenvalue weighted by Crippen LogP contribution is -2.38. The molecule has 0 aromatic heterocycles. The summed E-state index contributed by atoms with van der Waals surface area (Å²) in [6.07, 6.45) is 8.60. The first-order valence-electron chi connectivity index (χ1n) is 11.3. The van der Waals surface area contributed by atoms with Gasteiger partial charge in [-0.1, -0.05) is 80.8 Å². The molecule has 0 N–H and O–H groups in total. The van der Waals surface area contributed by atoms with Crippen LogP contribution in [0.1, 0.15) is 83.9 Å². The lowest BCUT2D eigenvalue weighted by atomic mass is 9.82. The van der Waals surface area contributed by atoms with Crippen molar-refractivity contribution in [3.8, 4) is 0 Å². The highest BCUT2D eigenvalue weighted by atomic mass is 15.2. The highest BCUT2D eigenvalue weighted by Gasteiger charge is 2.30. The predicted molar refractivity (Wildman–Crippen MR) is 123 cm³/mol. The molecule has 1 aliphatic carbocycles. The second-order valence-corrected chi connectivity index (χ2v) is 9.14. The van der Waals surface area contributed by atoms with Gasteiger partial charge in [0, 0.05) is 12.6 Å². The Balaban J connectivity index is 1.83. The summed E-state index contributed by atoms with van der Waals surface area (Å²) in [5.41, 5.74) is 8.70. The molecular formula is C27H39N. The van der Waals surface area contributed by atoms with Gasteiger partial charge in [0.1, 0.15) is 0 Å². The van der Waals surface area contributed by atoms with Crippen molar-refractivity contribution >= 4 is 5.57 Å². The smallest absolute Gasteiger partial charge is 0.0354 e. The van der Waals surface area contributed by atoms with Crippen LogP contribution in [-0.4, -0.2) is 18.0 Å². The van der Waals surface area contributed by atoms with Crippen molar-refractivity contribution in [3.05, 3.63) is 64.8 Å². The number of hydrogen-bond acceptors (Lipinski definition) is 1. The Labute approximate surface area is 173 Å². The van der Waals surface area contributed by atoms with Crippen LogP contribution < -0.4 is 0 Å². The fourth-order valence-electron chi connectivity index (χ4n) is 4.85. The van der Waals surface area contributed by atoms with Crippen molar-refractivity contribution in [3.63, 3.8) is 0 Å². The second-order valence-electron chi connectivity index (χ2n) is 9.14. The number of rotatable bonds is 6. The number of nitrogens with zero attached hydrogens (tertiary/aromatic N) is 1. The Kier molecular flexibility index (Phi) is 6.99. The zero-order chi connectivity index (χ0) is 20.3. The minimum atomic E-state index is 0.547. The normalized spacial score (nSPS) is 26.3. The summed E-state index contributed by atoms with van der Waals surface area (Å²) in [7, 11) is 0. The molecule has 1 aromatic carbocycles. The lowest BCUT2D eigenvalue weighted by molar-refractivity contribution is 0.119. The zero-order valence-electron chi connectivity index (χ0n) is 18.7. The first-order valence-corrected chi connectivity index (χ1v) is 11.3. The Hall–Kier alpha value is -1.60. The number of hydrogen-bond donors (Lipinski definition) is 0. The molecule has 1 aromatic rings. The molecule has 1 heterocycles. The fraction of sp³-hybridized carbons (Fsp3) is 0.556. The van der Waals surface area contributed by atoms with Crippen molar-refractivity contribution in [2.45, 2.75) is 72.8 Å². The molecule has 3 rings (SSSR count). The summed E-state index contributed by atoms with van der Waals surface area (Å²) in [6, 6.07) is 9.84. The molecule has 3 atom stereocenters. The van der Waals surface area contributed by atoms with E-state index in [2.05, 4.69) is 76.4 Å². The standard InChI is InChI=1S/C27H39N/c1-7-19(3)24-9-11-25(12-10-24)27-17-23(8-2)13-14-28(27)18-26-16-21(5)20(4)15-22(26)6/h9-12,15,21,23,27H,3,7-8,13-14,16-18H2,1-2,4-6H3. The van der Waals surface area contributed by atoms with Crippen molar-refractivity contribution in [1.82, 2.24) is 4.90 Å². The molecule has 1 aliphatic heterocycles. The van der Waals surface area contributed by atoms with Gasteiger partial charge in [0.2, 0.25) is 0 Å². The molecule has 0 amide bonds. The van der Waals surface area contributed by atoms with E-state index < -0.39 is 0 Å². The van der Waals surface area contributed by atoms with E-state index in [4.69, 9.17) is 0 Å². The lowest BCUT2D eigenvalue weighted by Gasteiger charge is -2.41. The van der Waals surface area contributed by atoms with Gasteiger partial charge in [-0.25, -0.2) is 0 Å². The Morgan fingerprint density at radius 3 is 2.50 bits per heavy atom. The third-order valence-electron chi connectivity index (χ3n) is 7.26. The van der Waals surface area contributed by atoms with Crippen LogP contribution in [0.2, 0.25) is 0 Å². The van der Waals surface area contributed by atoms with Crippen LogP contribution in [0.5, 0.6) is 0 Å². The van der Waals surface area contributed by atoms with Crippen LogP contribution in [0.4, 0.5) is 0 Å². The summed E-state index contributed by atoms with van der Waals surface area (Å²) >= 11 is 0. The summed E-state index contributed by atoms with van der Waals surface area (Å²) in [5.74, 6) is 1.54. The average Bonchev–Trinajstić information content (AvgIpc) is 2.71. The van der Waals surface area contributed by atoms with Gasteiger partial charge in [0.05, 0.1) is 0 Å². The van der Waals surface area contributed by atoms with Gasteiger partial charge in [-0.15, -0.1) is 0 Å². The number of benzene rings is 1. The molecule has 1 nitrogen and oxygen atoms in total. The maximum absolute atomic E-state index is 4.20. The van der Waals surface area contributed by atoms with Crippen molar-refractivity contribution < 1.29 is 0 Å². The van der Waals surface area contributed by atoms with E-state index in [-0.39, 0.29) is 0 Å². The quantitative estimate of drug-likeness (QED) is 0.494. The van der Waals surface area contributed by atoms with E-state index in [9.17, 15) is 0 Å². The summed E-state index contributed by atoms with van der Waals surface area (Å²) in [4.78, 5) is 2.76. The van der Waals surface area contributed by atoms with E-state index in [0.29, 0.717) is 12.0 Å². The van der Waals surface area contributed by atoms with E-state index in [1.807, 2.05) is 0 Å². The van der Waals surface area contributed by atoms with Crippen LogP contribution in [0.15, 0.2) is 53.6 Å². The fourth-order valence-corrected chi connectivity index (χ4v) is 4.85. The van der Waals surface area contributed by atoms with Crippen LogP contribution in [0.25, 0.3) is 5.57 Å². The predicted octanol–water partition coefficient (Wildman–Crippen LogP) is 7.58. The van der Waals surface area contributed by atoms with Gasteiger partial charge in [0.25, 0.3) is 0 Å². The molecule has 0 spiro atoms. The van der Waals surface area contributed by atoms with Gasteiger partial charge < -0.3 is 0 Å². The monoisotopic (exact) mass is 377 g/mol. The SMILES string of the molecule is C=C(CC)c1ccc(C2CC(CC)CCN2CC2=C(C)C=C(C)C(C)C2)cc1. The van der Waals surface area contributed by atoms with E-state index in [1.165, 1.54) is 60.1 Å². The summed E-state index contributed by atoms with van der Waals surface area (Å²) in [5, 5.41) is 0. The Bertz CT molecular complexity index is 749. The minimum absolute atomic E-state index is 0.547. The maximum atomic E-state index is 4.20. The molecule has 3 unspecified atom stereocenters. The molecule has 0 saturated carbocycles. The van der Waals surface area contributed by atoms with Crippen molar-refractivity contribution in [1.29, 1.82) is 0 Å². The maximum Gasteiger partial charge on any atom is 0.0354 e. The molecule has 0 radical (unpaired) electrons. The van der Waals surface area contributed by atoms with E-state index in [1.54, 1.807) is 5.57 Å². The van der Waals surface area contributed by atoms with Crippen molar-refractivity contribution in [2.24, 2.45) is 11.8 Å². The third kappa shape index (κ3) is 4.69. The topological polar surface area (TPSA) is 3.24 Å². The van der Waals surface area contributed by atoms with Gasteiger partial charge >= 0.3 is 0 Å². The van der Waals surface area contributed by atoms with Gasteiger partial charge in [-0.2, -0.15) is 0 Å². The zero-order valence-corrected chi connectivity index (χ0v) is 18.7. The number of allylic oxidation sites excluding steroid dienone is 4. The van der Waals surface area contributed by atoms with Gasteiger partial charge in [-0.3, -0.25) is 4.90 Å². The summed E-state index contributed by atoms with van der Waals surface area (Å²) in [6.45, 7) is 18.1. The highest BCUT2D eigenvalue weighted by molar-refractivity contribution is 5.63. The molecule has 1 fully saturated rings. The average molecular weight is 378 g/mol. The first kappa shape index (κ1) is 21.1. The first-order chi connectivity index (χ1) is 13.4. The molecule has 152 valence electrons. The molecule has 28 heavy (non-hydrogen) atoms. The number of piperidine rings is 1. The third-order valence-corrected chi connectivity index (χ3v) is 7.26. The highest BCUT2D eigenvalue weighted by Crippen LogP contribution is 2.38. The molecule has 1 heteroatoms.